The van der Waals surface area contributed by atoms with Crippen LogP contribution in [0, 0.1) is 10.8 Å². The van der Waals surface area contributed by atoms with Gasteiger partial charge in [0.2, 0.25) is 11.6 Å². The second-order valence-electron chi connectivity index (χ2n) is 5.45. The van der Waals surface area contributed by atoms with E-state index >= 15 is 0 Å². The number of aliphatic hydroxyl groups is 1. The van der Waals surface area contributed by atoms with Gasteiger partial charge in [0.25, 0.3) is 5.79 Å². The predicted octanol–water partition coefficient (Wildman–Crippen LogP) is 0.916. The van der Waals surface area contributed by atoms with Crippen LogP contribution in [0.15, 0.2) is 0 Å². The standard InChI is InChI=1S/C11H18O4/c1-9(2)6-10(3,4)8(13)11(14,15-5)7(9)12/h14H,6H2,1-5H3. The summed E-state index contributed by atoms with van der Waals surface area (Å²) in [4.78, 5) is 23.8. The van der Waals surface area contributed by atoms with Crippen molar-refractivity contribution in [2.24, 2.45) is 10.8 Å². The Morgan fingerprint density at radius 1 is 1.07 bits per heavy atom. The summed E-state index contributed by atoms with van der Waals surface area (Å²) in [6.45, 7) is 6.86. The summed E-state index contributed by atoms with van der Waals surface area (Å²) in [5.74, 6) is -3.38. The van der Waals surface area contributed by atoms with Crippen LogP contribution in [0.4, 0.5) is 0 Å². The minimum absolute atomic E-state index is 0.420. The minimum atomic E-state index is -2.27. The predicted molar refractivity (Wildman–Crippen MR) is 54.2 cm³/mol. The van der Waals surface area contributed by atoms with Gasteiger partial charge in [0.05, 0.1) is 0 Å². The number of carbonyl (C=O) groups excluding carboxylic acids is 2. The van der Waals surface area contributed by atoms with E-state index in [0.717, 1.165) is 0 Å². The van der Waals surface area contributed by atoms with Crippen molar-refractivity contribution in [3.8, 4) is 0 Å². The SMILES string of the molecule is COC1(O)C(=O)C(C)(C)CC(C)(C)C1=O. The van der Waals surface area contributed by atoms with E-state index in [0.29, 0.717) is 6.42 Å². The van der Waals surface area contributed by atoms with Crippen molar-refractivity contribution in [2.45, 2.75) is 39.9 Å². The Hall–Kier alpha value is -0.740. The molecule has 1 N–H and O–H groups in total. The third-order valence-corrected chi connectivity index (χ3v) is 3.02. The molecule has 0 unspecified atom stereocenters. The lowest BCUT2D eigenvalue weighted by molar-refractivity contribution is -0.218. The van der Waals surface area contributed by atoms with Gasteiger partial charge in [-0.2, -0.15) is 0 Å². The molecule has 0 aromatic rings. The van der Waals surface area contributed by atoms with Gasteiger partial charge in [-0.15, -0.1) is 0 Å². The molecule has 1 rings (SSSR count). The normalized spacial score (nSPS) is 27.9. The molecule has 0 heterocycles. The zero-order valence-electron chi connectivity index (χ0n) is 9.88. The van der Waals surface area contributed by atoms with E-state index in [1.807, 2.05) is 0 Å². The highest BCUT2D eigenvalue weighted by atomic mass is 16.6. The molecule has 0 aromatic carbocycles. The molecule has 0 radical (unpaired) electrons. The van der Waals surface area contributed by atoms with Crippen molar-refractivity contribution >= 4 is 11.6 Å². The van der Waals surface area contributed by atoms with Crippen molar-refractivity contribution in [3.05, 3.63) is 0 Å². The Morgan fingerprint density at radius 2 is 1.40 bits per heavy atom. The lowest BCUT2D eigenvalue weighted by atomic mass is 9.61. The fraction of sp³-hybridized carbons (Fsp3) is 0.818. The van der Waals surface area contributed by atoms with Crippen LogP contribution >= 0.6 is 0 Å². The molecule has 1 saturated carbocycles. The number of ketones is 2. The van der Waals surface area contributed by atoms with Crippen LogP contribution in [0.3, 0.4) is 0 Å². The third kappa shape index (κ3) is 1.62. The average molecular weight is 214 g/mol. The van der Waals surface area contributed by atoms with Gasteiger partial charge in [-0.05, 0) is 6.42 Å². The Kier molecular flexibility index (Phi) is 2.57. The van der Waals surface area contributed by atoms with Crippen molar-refractivity contribution in [2.75, 3.05) is 7.11 Å². The first-order valence-electron chi connectivity index (χ1n) is 4.95. The summed E-state index contributed by atoms with van der Waals surface area (Å²) < 4.78 is 4.73. The van der Waals surface area contributed by atoms with E-state index in [1.165, 1.54) is 7.11 Å². The maximum atomic E-state index is 11.9. The number of methoxy groups -OCH3 is 1. The maximum Gasteiger partial charge on any atom is 0.288 e. The van der Waals surface area contributed by atoms with Gasteiger partial charge < -0.3 is 9.84 Å². The van der Waals surface area contributed by atoms with Gasteiger partial charge in [-0.25, -0.2) is 0 Å². The van der Waals surface area contributed by atoms with Crippen LogP contribution in [0.25, 0.3) is 0 Å². The maximum absolute atomic E-state index is 11.9. The minimum Gasteiger partial charge on any atom is -0.354 e. The smallest absolute Gasteiger partial charge is 0.288 e. The Morgan fingerprint density at radius 3 is 1.67 bits per heavy atom. The number of rotatable bonds is 1. The molecule has 1 aliphatic carbocycles. The van der Waals surface area contributed by atoms with E-state index in [-0.39, 0.29) is 0 Å². The molecule has 0 aromatic heterocycles. The van der Waals surface area contributed by atoms with Gasteiger partial charge in [0.15, 0.2) is 0 Å². The fourth-order valence-electron chi connectivity index (χ4n) is 2.47. The number of hydrogen-bond donors (Lipinski definition) is 1. The molecular formula is C11H18O4. The van der Waals surface area contributed by atoms with Gasteiger partial charge >= 0.3 is 0 Å². The molecule has 0 bridgehead atoms. The van der Waals surface area contributed by atoms with Crippen LogP contribution in [0.1, 0.15) is 34.1 Å². The average Bonchev–Trinajstić information content (AvgIpc) is 2.11. The topological polar surface area (TPSA) is 63.6 Å². The van der Waals surface area contributed by atoms with Crippen LogP contribution in [-0.4, -0.2) is 29.6 Å². The Bertz CT molecular complexity index is 289. The molecule has 86 valence electrons. The molecule has 1 aliphatic rings. The molecule has 4 heteroatoms. The highest BCUT2D eigenvalue weighted by Gasteiger charge is 2.61. The highest BCUT2D eigenvalue weighted by molar-refractivity contribution is 6.14. The number of Topliss-reactive ketones (excluding diaryl/α,β-unsaturated/α-hetero) is 2. The summed E-state index contributed by atoms with van der Waals surface area (Å²) in [5, 5.41) is 9.97. The van der Waals surface area contributed by atoms with Gasteiger partial charge in [-0.1, -0.05) is 27.7 Å². The zero-order chi connectivity index (χ0) is 12.1. The van der Waals surface area contributed by atoms with Crippen LogP contribution < -0.4 is 0 Å². The molecule has 15 heavy (non-hydrogen) atoms. The Balaban J connectivity index is 3.28. The van der Waals surface area contributed by atoms with E-state index in [2.05, 4.69) is 0 Å². The van der Waals surface area contributed by atoms with E-state index < -0.39 is 28.2 Å². The molecule has 0 saturated heterocycles. The van der Waals surface area contributed by atoms with Gasteiger partial charge in [-0.3, -0.25) is 9.59 Å². The van der Waals surface area contributed by atoms with Crippen molar-refractivity contribution in [3.63, 3.8) is 0 Å². The van der Waals surface area contributed by atoms with Crippen molar-refractivity contribution < 1.29 is 19.4 Å². The summed E-state index contributed by atoms with van der Waals surface area (Å²) in [7, 11) is 1.17. The second kappa shape index (κ2) is 3.12. The van der Waals surface area contributed by atoms with E-state index in [4.69, 9.17) is 4.74 Å². The summed E-state index contributed by atoms with van der Waals surface area (Å²) in [5.41, 5.74) is -1.50. The number of hydrogen-bond acceptors (Lipinski definition) is 4. The molecule has 1 fully saturated rings. The lowest BCUT2D eigenvalue weighted by Gasteiger charge is -2.45. The van der Waals surface area contributed by atoms with Crippen LogP contribution in [0.2, 0.25) is 0 Å². The first-order chi connectivity index (χ1) is 6.58. The highest BCUT2D eigenvalue weighted by Crippen LogP contribution is 2.45. The van der Waals surface area contributed by atoms with Crippen LogP contribution in [-0.2, 0) is 14.3 Å². The molecule has 0 aliphatic heterocycles. The van der Waals surface area contributed by atoms with E-state index in [1.54, 1.807) is 27.7 Å². The van der Waals surface area contributed by atoms with Crippen molar-refractivity contribution in [1.82, 2.24) is 0 Å². The molecule has 0 amide bonds. The molecule has 0 atom stereocenters. The second-order valence-corrected chi connectivity index (χ2v) is 5.45. The zero-order valence-corrected chi connectivity index (χ0v) is 9.88. The van der Waals surface area contributed by atoms with E-state index in [9.17, 15) is 14.7 Å². The fourth-order valence-corrected chi connectivity index (χ4v) is 2.47. The largest absolute Gasteiger partial charge is 0.354 e. The first-order valence-corrected chi connectivity index (χ1v) is 4.95. The monoisotopic (exact) mass is 214 g/mol. The molecular weight excluding hydrogens is 196 g/mol. The van der Waals surface area contributed by atoms with Gasteiger partial charge in [0.1, 0.15) is 0 Å². The number of ether oxygens (including phenoxy) is 1. The lowest BCUT2D eigenvalue weighted by Crippen LogP contribution is -2.63. The summed E-state index contributed by atoms with van der Waals surface area (Å²) >= 11 is 0. The first kappa shape index (κ1) is 12.3. The summed E-state index contributed by atoms with van der Waals surface area (Å²) in [6, 6.07) is 0. The van der Waals surface area contributed by atoms with Crippen molar-refractivity contribution in [1.29, 1.82) is 0 Å². The van der Waals surface area contributed by atoms with Gasteiger partial charge in [0, 0.05) is 17.9 Å². The Labute approximate surface area is 89.6 Å². The molecule has 4 nitrogen and oxygen atoms in total. The molecule has 0 spiro atoms. The van der Waals surface area contributed by atoms with Crippen LogP contribution in [0.5, 0.6) is 0 Å². The quantitative estimate of drug-likeness (QED) is 0.520. The third-order valence-electron chi connectivity index (χ3n) is 3.02. The summed E-state index contributed by atoms with van der Waals surface area (Å²) in [6.07, 6.45) is 0.420. The number of carbonyl (C=O) groups is 2.